The monoisotopic (exact) mass is 241 g/mol. The minimum absolute atomic E-state index is 0.0219. The minimum Gasteiger partial charge on any atom is -0.345 e. The Morgan fingerprint density at radius 2 is 1.88 bits per heavy atom. The van der Waals surface area contributed by atoms with Crippen LogP contribution in [0.4, 0.5) is 0 Å². The molecule has 1 amide bonds. The SMILES string of the molecule is CC(=O)C(NC(=O)CN1CCNCC1)C(C)C. The van der Waals surface area contributed by atoms with Gasteiger partial charge in [-0.15, -0.1) is 0 Å². The number of hydrogen-bond acceptors (Lipinski definition) is 4. The highest BCUT2D eigenvalue weighted by atomic mass is 16.2. The molecule has 1 aliphatic heterocycles. The lowest BCUT2D eigenvalue weighted by molar-refractivity contribution is -0.128. The highest BCUT2D eigenvalue weighted by Gasteiger charge is 2.22. The molecule has 0 aliphatic carbocycles. The second-order valence-corrected chi connectivity index (χ2v) is 4.93. The zero-order valence-electron chi connectivity index (χ0n) is 11.0. The Balaban J connectivity index is 2.38. The number of carbonyl (C=O) groups excluding carboxylic acids is 2. The molecule has 17 heavy (non-hydrogen) atoms. The van der Waals surface area contributed by atoms with Gasteiger partial charge in [-0.25, -0.2) is 0 Å². The Bertz CT molecular complexity index is 273. The van der Waals surface area contributed by atoms with Gasteiger partial charge in [-0.1, -0.05) is 13.8 Å². The highest BCUT2D eigenvalue weighted by Crippen LogP contribution is 2.03. The third-order valence-corrected chi connectivity index (χ3v) is 3.00. The molecule has 5 nitrogen and oxygen atoms in total. The van der Waals surface area contributed by atoms with Crippen molar-refractivity contribution in [2.24, 2.45) is 5.92 Å². The maximum absolute atomic E-state index is 11.8. The molecule has 0 saturated carbocycles. The summed E-state index contributed by atoms with van der Waals surface area (Å²) in [5, 5.41) is 6.05. The molecule has 98 valence electrons. The van der Waals surface area contributed by atoms with Crippen molar-refractivity contribution in [1.29, 1.82) is 0 Å². The van der Waals surface area contributed by atoms with Crippen molar-refractivity contribution in [1.82, 2.24) is 15.5 Å². The summed E-state index contributed by atoms with van der Waals surface area (Å²) < 4.78 is 0. The lowest BCUT2D eigenvalue weighted by Gasteiger charge is -2.27. The first-order valence-corrected chi connectivity index (χ1v) is 6.23. The summed E-state index contributed by atoms with van der Waals surface area (Å²) in [4.78, 5) is 25.3. The lowest BCUT2D eigenvalue weighted by Crippen LogP contribution is -2.51. The summed E-state index contributed by atoms with van der Waals surface area (Å²) in [6, 6.07) is -0.356. The van der Waals surface area contributed by atoms with E-state index in [9.17, 15) is 9.59 Å². The van der Waals surface area contributed by atoms with E-state index in [0.717, 1.165) is 26.2 Å². The summed E-state index contributed by atoms with van der Waals surface area (Å²) in [7, 11) is 0. The molecule has 1 rings (SSSR count). The molecule has 0 aromatic rings. The fraction of sp³-hybridized carbons (Fsp3) is 0.833. The van der Waals surface area contributed by atoms with Gasteiger partial charge in [0.2, 0.25) is 5.91 Å². The van der Waals surface area contributed by atoms with Crippen molar-refractivity contribution in [3.63, 3.8) is 0 Å². The second kappa shape index (κ2) is 6.71. The van der Waals surface area contributed by atoms with Crippen molar-refractivity contribution >= 4 is 11.7 Å². The van der Waals surface area contributed by atoms with E-state index in [1.54, 1.807) is 0 Å². The van der Waals surface area contributed by atoms with Crippen LogP contribution in [-0.2, 0) is 9.59 Å². The van der Waals surface area contributed by atoms with Crippen molar-refractivity contribution in [3.05, 3.63) is 0 Å². The maximum Gasteiger partial charge on any atom is 0.234 e. The molecule has 1 heterocycles. The fourth-order valence-electron chi connectivity index (χ4n) is 2.03. The van der Waals surface area contributed by atoms with Gasteiger partial charge in [0.05, 0.1) is 12.6 Å². The van der Waals surface area contributed by atoms with Crippen LogP contribution < -0.4 is 10.6 Å². The Morgan fingerprint density at radius 1 is 1.29 bits per heavy atom. The van der Waals surface area contributed by atoms with Crippen LogP contribution in [0, 0.1) is 5.92 Å². The van der Waals surface area contributed by atoms with E-state index < -0.39 is 0 Å². The van der Waals surface area contributed by atoms with Gasteiger partial charge in [0.15, 0.2) is 5.78 Å². The van der Waals surface area contributed by atoms with Crippen LogP contribution in [0.15, 0.2) is 0 Å². The average Bonchev–Trinajstić information content (AvgIpc) is 2.26. The van der Waals surface area contributed by atoms with Crippen molar-refractivity contribution < 1.29 is 9.59 Å². The molecule has 1 unspecified atom stereocenters. The normalized spacial score (nSPS) is 19.1. The number of nitrogens with one attached hydrogen (secondary N) is 2. The molecule has 1 aliphatic rings. The summed E-state index contributed by atoms with van der Waals surface area (Å²) in [6.45, 7) is 9.42. The number of nitrogens with zero attached hydrogens (tertiary/aromatic N) is 1. The number of Topliss-reactive ketones (excluding diaryl/α,β-unsaturated/α-hetero) is 1. The number of carbonyl (C=O) groups is 2. The van der Waals surface area contributed by atoms with E-state index in [4.69, 9.17) is 0 Å². The second-order valence-electron chi connectivity index (χ2n) is 4.93. The van der Waals surface area contributed by atoms with Crippen molar-refractivity contribution in [3.8, 4) is 0 Å². The molecular formula is C12H23N3O2. The Morgan fingerprint density at radius 3 is 2.35 bits per heavy atom. The van der Waals surface area contributed by atoms with Gasteiger partial charge in [-0.2, -0.15) is 0 Å². The molecule has 0 bridgehead atoms. The summed E-state index contributed by atoms with van der Waals surface area (Å²) >= 11 is 0. The Hall–Kier alpha value is -0.940. The zero-order valence-corrected chi connectivity index (χ0v) is 11.0. The molecule has 0 aromatic carbocycles. The lowest BCUT2D eigenvalue weighted by atomic mass is 10.0. The van der Waals surface area contributed by atoms with Crippen molar-refractivity contribution in [2.45, 2.75) is 26.8 Å². The molecule has 2 N–H and O–H groups in total. The third-order valence-electron chi connectivity index (χ3n) is 3.00. The molecule has 0 radical (unpaired) electrons. The van der Waals surface area contributed by atoms with Gasteiger partial charge in [0, 0.05) is 26.2 Å². The minimum atomic E-state index is -0.356. The Kier molecular flexibility index (Phi) is 5.58. The molecule has 5 heteroatoms. The van der Waals surface area contributed by atoms with E-state index in [1.165, 1.54) is 6.92 Å². The highest BCUT2D eigenvalue weighted by molar-refractivity contribution is 5.88. The van der Waals surface area contributed by atoms with Crippen LogP contribution in [0.1, 0.15) is 20.8 Å². The van der Waals surface area contributed by atoms with E-state index >= 15 is 0 Å². The fourth-order valence-corrected chi connectivity index (χ4v) is 2.03. The van der Waals surface area contributed by atoms with Crippen LogP contribution in [-0.4, -0.2) is 55.4 Å². The molecule has 1 fully saturated rings. The first kappa shape index (κ1) is 14.1. The summed E-state index contributed by atoms with van der Waals surface area (Å²) in [5.74, 6) is 0.105. The van der Waals surface area contributed by atoms with Gasteiger partial charge in [0.25, 0.3) is 0 Å². The standard InChI is InChI=1S/C12H23N3O2/c1-9(2)12(10(3)16)14-11(17)8-15-6-4-13-5-7-15/h9,12-13H,4-8H2,1-3H3,(H,14,17). The third kappa shape index (κ3) is 4.83. The number of amides is 1. The molecule has 0 spiro atoms. The smallest absolute Gasteiger partial charge is 0.234 e. The number of piperazine rings is 1. The van der Waals surface area contributed by atoms with E-state index in [-0.39, 0.29) is 23.7 Å². The molecule has 1 atom stereocenters. The largest absolute Gasteiger partial charge is 0.345 e. The van der Waals surface area contributed by atoms with Gasteiger partial charge in [0.1, 0.15) is 0 Å². The number of hydrogen-bond donors (Lipinski definition) is 2. The quantitative estimate of drug-likeness (QED) is 0.689. The molecule has 1 saturated heterocycles. The topological polar surface area (TPSA) is 61.4 Å². The van der Waals surface area contributed by atoms with Crippen LogP contribution in [0.5, 0.6) is 0 Å². The van der Waals surface area contributed by atoms with Crippen LogP contribution in [0.25, 0.3) is 0 Å². The molecular weight excluding hydrogens is 218 g/mol. The predicted octanol–water partition coefficient (Wildman–Crippen LogP) is -0.379. The maximum atomic E-state index is 11.8. The van der Waals surface area contributed by atoms with E-state index in [1.807, 2.05) is 13.8 Å². The first-order valence-electron chi connectivity index (χ1n) is 6.23. The average molecular weight is 241 g/mol. The van der Waals surface area contributed by atoms with Gasteiger partial charge in [-0.05, 0) is 12.8 Å². The van der Waals surface area contributed by atoms with Crippen LogP contribution in [0.3, 0.4) is 0 Å². The Labute approximate surface area is 103 Å². The summed E-state index contributed by atoms with van der Waals surface area (Å²) in [5.41, 5.74) is 0. The van der Waals surface area contributed by atoms with Gasteiger partial charge >= 0.3 is 0 Å². The van der Waals surface area contributed by atoms with Crippen molar-refractivity contribution in [2.75, 3.05) is 32.7 Å². The zero-order chi connectivity index (χ0) is 12.8. The predicted molar refractivity (Wildman–Crippen MR) is 66.8 cm³/mol. The van der Waals surface area contributed by atoms with Gasteiger partial charge in [-0.3, -0.25) is 14.5 Å². The molecule has 0 aromatic heterocycles. The number of rotatable bonds is 5. The van der Waals surface area contributed by atoms with E-state index in [0.29, 0.717) is 6.54 Å². The van der Waals surface area contributed by atoms with E-state index in [2.05, 4.69) is 15.5 Å². The summed E-state index contributed by atoms with van der Waals surface area (Å²) in [6.07, 6.45) is 0. The van der Waals surface area contributed by atoms with Crippen LogP contribution in [0.2, 0.25) is 0 Å². The first-order chi connectivity index (χ1) is 8.00. The number of ketones is 1. The van der Waals surface area contributed by atoms with Crippen LogP contribution >= 0.6 is 0 Å². The van der Waals surface area contributed by atoms with Gasteiger partial charge < -0.3 is 10.6 Å².